The summed E-state index contributed by atoms with van der Waals surface area (Å²) in [6.45, 7) is 0.373. The van der Waals surface area contributed by atoms with Crippen molar-refractivity contribution in [3.8, 4) is 0 Å². The predicted molar refractivity (Wildman–Crippen MR) is 105 cm³/mol. The molecule has 146 valence electrons. The van der Waals surface area contributed by atoms with Crippen LogP contribution >= 0.6 is 0 Å². The van der Waals surface area contributed by atoms with E-state index in [1.54, 1.807) is 0 Å². The maximum Gasteiger partial charge on any atom is 0.306 e. The van der Waals surface area contributed by atoms with Crippen molar-refractivity contribution < 1.29 is 14.3 Å². The predicted octanol–water partition coefficient (Wildman–Crippen LogP) is 5.17. The Morgan fingerprint density at radius 1 is 1.04 bits per heavy atom. The van der Waals surface area contributed by atoms with Crippen LogP contribution in [-0.4, -0.2) is 11.8 Å². The van der Waals surface area contributed by atoms with Crippen molar-refractivity contribution in [1.29, 1.82) is 0 Å². The van der Waals surface area contributed by atoms with Crippen LogP contribution in [0.4, 0.5) is 0 Å². The first-order valence-corrected chi connectivity index (χ1v) is 11.0. The van der Waals surface area contributed by atoms with Crippen LogP contribution in [-0.2, 0) is 33.8 Å². The van der Waals surface area contributed by atoms with Crippen molar-refractivity contribution in [2.45, 2.75) is 83.7 Å². The van der Waals surface area contributed by atoms with Crippen LogP contribution in [0.15, 0.2) is 18.2 Å². The maximum atomic E-state index is 12.4. The minimum Gasteiger partial charge on any atom is -0.461 e. The molecule has 0 aromatic heterocycles. The van der Waals surface area contributed by atoms with Crippen LogP contribution < -0.4 is 0 Å². The van der Waals surface area contributed by atoms with Gasteiger partial charge in [-0.2, -0.15) is 0 Å². The van der Waals surface area contributed by atoms with E-state index >= 15 is 0 Å². The second-order valence-electron chi connectivity index (χ2n) is 9.01. The van der Waals surface area contributed by atoms with Crippen LogP contribution in [0.2, 0.25) is 0 Å². The molecule has 0 heterocycles. The van der Waals surface area contributed by atoms with E-state index in [1.165, 1.54) is 49.7 Å². The smallest absolute Gasteiger partial charge is 0.306 e. The van der Waals surface area contributed by atoms with Crippen LogP contribution in [0.1, 0.15) is 80.9 Å². The third kappa shape index (κ3) is 4.80. The summed E-state index contributed by atoms with van der Waals surface area (Å²) < 4.78 is 5.49. The van der Waals surface area contributed by atoms with E-state index in [0.29, 0.717) is 24.7 Å². The zero-order valence-electron chi connectivity index (χ0n) is 16.4. The van der Waals surface area contributed by atoms with E-state index in [2.05, 4.69) is 18.2 Å². The molecule has 4 rings (SSSR count). The quantitative estimate of drug-likeness (QED) is 0.650. The summed E-state index contributed by atoms with van der Waals surface area (Å²) in [7, 11) is 0. The lowest BCUT2D eigenvalue weighted by Gasteiger charge is -2.18. The highest BCUT2D eigenvalue weighted by Crippen LogP contribution is 2.42. The Balaban J connectivity index is 1.19. The molecule has 0 N–H and O–H groups in total. The van der Waals surface area contributed by atoms with Gasteiger partial charge in [-0.25, -0.2) is 0 Å². The van der Waals surface area contributed by atoms with E-state index in [1.807, 2.05) is 0 Å². The molecule has 3 nitrogen and oxygen atoms in total. The zero-order chi connectivity index (χ0) is 18.6. The average molecular weight is 369 g/mol. The number of rotatable bonds is 6. The lowest BCUT2D eigenvalue weighted by molar-refractivity contribution is -0.145. The Morgan fingerprint density at radius 2 is 1.85 bits per heavy atom. The molecule has 3 aliphatic carbocycles. The molecule has 3 heteroatoms. The molecule has 1 aromatic rings. The van der Waals surface area contributed by atoms with Crippen LogP contribution in [0.25, 0.3) is 0 Å². The number of carbonyl (C=O) groups is 2. The lowest BCUT2D eigenvalue weighted by Crippen LogP contribution is -2.18. The van der Waals surface area contributed by atoms with Gasteiger partial charge in [0.1, 0.15) is 12.4 Å². The third-order valence-electron chi connectivity index (χ3n) is 6.96. The normalized spacial score (nSPS) is 27.1. The molecule has 2 bridgehead atoms. The standard InChI is InChI=1S/C24H32O3/c25-23-15-18-9-8-17(12-18)13-22(23)6-3-7-24(26)27-16-19-10-11-20-4-1-2-5-21(20)14-19/h10-11,14,17-18,22H,1-9,12-13,15-16H2. The fourth-order valence-corrected chi connectivity index (χ4v) is 5.45. The number of hydrogen-bond donors (Lipinski definition) is 0. The summed E-state index contributed by atoms with van der Waals surface area (Å²) in [5, 5.41) is 0. The number of carbonyl (C=O) groups excluding carboxylic acids is 2. The SMILES string of the molecule is O=C(CCCC1CC2CCC(CC1=O)C2)OCc1ccc2c(c1)CCCC2. The largest absolute Gasteiger partial charge is 0.461 e. The van der Waals surface area contributed by atoms with Gasteiger partial charge < -0.3 is 4.74 Å². The van der Waals surface area contributed by atoms with Crippen molar-refractivity contribution in [2.75, 3.05) is 0 Å². The highest BCUT2D eigenvalue weighted by molar-refractivity contribution is 5.81. The Bertz CT molecular complexity index is 693. The number of ketones is 1. The fourth-order valence-electron chi connectivity index (χ4n) is 5.45. The van der Waals surface area contributed by atoms with Gasteiger partial charge in [-0.1, -0.05) is 24.6 Å². The van der Waals surface area contributed by atoms with Gasteiger partial charge in [-0.15, -0.1) is 0 Å². The average Bonchev–Trinajstić information content (AvgIpc) is 3.05. The van der Waals surface area contributed by atoms with E-state index in [4.69, 9.17) is 4.74 Å². The second kappa shape index (κ2) is 8.58. The number of aryl methyl sites for hydroxylation is 2. The topological polar surface area (TPSA) is 43.4 Å². The van der Waals surface area contributed by atoms with Crippen LogP contribution in [0.3, 0.4) is 0 Å². The molecule has 2 saturated carbocycles. The monoisotopic (exact) mass is 368 g/mol. The molecular weight excluding hydrogens is 336 g/mol. The summed E-state index contributed by atoms with van der Waals surface area (Å²) in [4.78, 5) is 24.5. The van der Waals surface area contributed by atoms with Gasteiger partial charge in [0.05, 0.1) is 0 Å². The van der Waals surface area contributed by atoms with Gasteiger partial charge in [0.25, 0.3) is 0 Å². The van der Waals surface area contributed by atoms with E-state index in [0.717, 1.165) is 43.6 Å². The summed E-state index contributed by atoms with van der Waals surface area (Å²) >= 11 is 0. The first kappa shape index (κ1) is 18.7. The van der Waals surface area contributed by atoms with Crippen molar-refractivity contribution in [3.63, 3.8) is 0 Å². The van der Waals surface area contributed by atoms with Crippen molar-refractivity contribution >= 4 is 11.8 Å². The van der Waals surface area contributed by atoms with E-state index in [-0.39, 0.29) is 11.9 Å². The van der Waals surface area contributed by atoms with Crippen molar-refractivity contribution in [3.05, 3.63) is 34.9 Å². The van der Waals surface area contributed by atoms with Gasteiger partial charge in [0, 0.05) is 18.8 Å². The summed E-state index contributed by atoms with van der Waals surface area (Å²) in [6, 6.07) is 6.50. The minimum atomic E-state index is -0.129. The molecular formula is C24H32O3. The Kier molecular flexibility index (Phi) is 5.95. The van der Waals surface area contributed by atoms with Crippen LogP contribution in [0.5, 0.6) is 0 Å². The number of ether oxygens (including phenoxy) is 1. The number of hydrogen-bond acceptors (Lipinski definition) is 3. The Hall–Kier alpha value is -1.64. The Labute approximate surface area is 162 Å². The van der Waals surface area contributed by atoms with Crippen molar-refractivity contribution in [1.82, 2.24) is 0 Å². The highest BCUT2D eigenvalue weighted by Gasteiger charge is 2.35. The van der Waals surface area contributed by atoms with Gasteiger partial charge in [-0.3, -0.25) is 9.59 Å². The highest BCUT2D eigenvalue weighted by atomic mass is 16.5. The second-order valence-corrected chi connectivity index (χ2v) is 9.01. The molecule has 27 heavy (non-hydrogen) atoms. The van der Waals surface area contributed by atoms with Gasteiger partial charge in [0.15, 0.2) is 0 Å². The molecule has 0 spiro atoms. The molecule has 3 unspecified atom stereocenters. The molecule has 2 fully saturated rings. The summed E-state index contributed by atoms with van der Waals surface area (Å²) in [6.07, 6.45) is 12.6. The number of esters is 1. The Morgan fingerprint density at radius 3 is 2.74 bits per heavy atom. The fraction of sp³-hybridized carbons (Fsp3) is 0.667. The first-order valence-electron chi connectivity index (χ1n) is 11.0. The van der Waals surface area contributed by atoms with Gasteiger partial charge in [0.2, 0.25) is 0 Å². The molecule has 0 radical (unpaired) electrons. The molecule has 0 amide bonds. The van der Waals surface area contributed by atoms with E-state index < -0.39 is 0 Å². The molecule has 0 saturated heterocycles. The molecule has 1 aromatic carbocycles. The zero-order valence-corrected chi connectivity index (χ0v) is 16.4. The summed E-state index contributed by atoms with van der Waals surface area (Å²) in [5.74, 6) is 1.91. The van der Waals surface area contributed by atoms with E-state index in [9.17, 15) is 9.59 Å². The maximum absolute atomic E-state index is 12.4. The third-order valence-corrected chi connectivity index (χ3v) is 6.96. The number of benzene rings is 1. The number of Topliss-reactive ketones (excluding diaryl/α,β-unsaturated/α-hetero) is 1. The van der Waals surface area contributed by atoms with Crippen molar-refractivity contribution in [2.24, 2.45) is 17.8 Å². The molecule has 3 aliphatic rings. The molecule has 3 atom stereocenters. The first-order chi connectivity index (χ1) is 13.2. The number of fused-ring (bicyclic) bond motifs is 3. The summed E-state index contributed by atoms with van der Waals surface area (Å²) in [5.41, 5.74) is 3.98. The van der Waals surface area contributed by atoms with Gasteiger partial charge in [-0.05, 0) is 86.3 Å². The molecule has 0 aliphatic heterocycles. The van der Waals surface area contributed by atoms with Crippen LogP contribution in [0, 0.1) is 17.8 Å². The van der Waals surface area contributed by atoms with Gasteiger partial charge >= 0.3 is 5.97 Å². The minimum absolute atomic E-state index is 0.129. The lowest BCUT2D eigenvalue weighted by atomic mass is 9.86.